The lowest BCUT2D eigenvalue weighted by Gasteiger charge is -2.38. The van der Waals surface area contributed by atoms with Crippen molar-refractivity contribution in [2.24, 2.45) is 5.92 Å². The smallest absolute Gasteiger partial charge is 0.220 e. The molecular weight excluding hydrogens is 330 g/mol. The molecule has 1 aromatic heterocycles. The van der Waals surface area contributed by atoms with E-state index in [0.29, 0.717) is 25.8 Å². The molecule has 1 saturated carbocycles. The summed E-state index contributed by atoms with van der Waals surface area (Å²) in [4.78, 5) is 16.1. The lowest BCUT2D eigenvalue weighted by molar-refractivity contribution is -0.123. The quantitative estimate of drug-likeness (QED) is 0.800. The molecular formula is C17H20F2N4O2. The molecule has 1 atom stereocenters. The summed E-state index contributed by atoms with van der Waals surface area (Å²) in [6, 6.07) is 2.78. The zero-order valence-electron chi connectivity index (χ0n) is 13.6. The number of carbonyl (C=O) groups excluding carboxylic acids is 1. The van der Waals surface area contributed by atoms with Gasteiger partial charge in [0.2, 0.25) is 5.91 Å². The molecule has 1 unspecified atom stereocenters. The highest BCUT2D eigenvalue weighted by atomic mass is 19.1. The molecule has 0 aliphatic heterocycles. The van der Waals surface area contributed by atoms with Crippen LogP contribution in [0.25, 0.3) is 0 Å². The first-order valence-electron chi connectivity index (χ1n) is 8.27. The van der Waals surface area contributed by atoms with Crippen LogP contribution in [0.3, 0.4) is 0 Å². The van der Waals surface area contributed by atoms with Crippen LogP contribution in [0.2, 0.25) is 0 Å². The van der Waals surface area contributed by atoms with Gasteiger partial charge in [-0.05, 0) is 31.2 Å². The zero-order chi connectivity index (χ0) is 17.8. The number of nitrogens with one attached hydrogen (secondary N) is 1. The molecule has 0 radical (unpaired) electrons. The van der Waals surface area contributed by atoms with E-state index < -0.39 is 23.8 Å². The van der Waals surface area contributed by atoms with Crippen molar-refractivity contribution < 1.29 is 18.7 Å². The third-order valence-corrected chi connectivity index (χ3v) is 4.49. The first-order valence-corrected chi connectivity index (χ1v) is 8.27. The zero-order valence-corrected chi connectivity index (χ0v) is 13.6. The van der Waals surface area contributed by atoms with Gasteiger partial charge < -0.3 is 10.4 Å². The fourth-order valence-electron chi connectivity index (χ4n) is 3.10. The fraction of sp³-hybridized carbons (Fsp3) is 0.471. The van der Waals surface area contributed by atoms with Gasteiger partial charge in [-0.15, -0.1) is 0 Å². The summed E-state index contributed by atoms with van der Waals surface area (Å²) < 4.78 is 28.9. The van der Waals surface area contributed by atoms with Gasteiger partial charge in [-0.2, -0.15) is 5.10 Å². The van der Waals surface area contributed by atoms with Gasteiger partial charge in [0.1, 0.15) is 24.3 Å². The topological polar surface area (TPSA) is 80.0 Å². The Balaban J connectivity index is 1.62. The van der Waals surface area contributed by atoms with Gasteiger partial charge in [0, 0.05) is 24.6 Å². The Morgan fingerprint density at radius 3 is 2.84 bits per heavy atom. The van der Waals surface area contributed by atoms with Crippen molar-refractivity contribution >= 4 is 5.91 Å². The minimum atomic E-state index is -0.686. The SMILES string of the molecule is O=C(CCCn1cncn1)NC(c1ccc(F)cc1F)C1CC(O)C1. The third kappa shape index (κ3) is 4.39. The monoisotopic (exact) mass is 350 g/mol. The van der Waals surface area contributed by atoms with Crippen LogP contribution in [-0.2, 0) is 11.3 Å². The molecule has 3 rings (SSSR count). The molecule has 1 aliphatic carbocycles. The highest BCUT2D eigenvalue weighted by Crippen LogP contribution is 2.39. The van der Waals surface area contributed by atoms with Crippen molar-refractivity contribution in [2.75, 3.05) is 0 Å². The molecule has 8 heteroatoms. The van der Waals surface area contributed by atoms with Crippen molar-refractivity contribution in [3.8, 4) is 0 Å². The summed E-state index contributed by atoms with van der Waals surface area (Å²) >= 11 is 0. The molecule has 0 spiro atoms. The molecule has 1 fully saturated rings. The highest BCUT2D eigenvalue weighted by Gasteiger charge is 2.36. The maximum absolute atomic E-state index is 14.1. The maximum atomic E-state index is 14.1. The molecule has 0 saturated heterocycles. The standard InChI is InChI=1S/C17H20F2N4O2/c18-12-3-4-14(15(19)8-12)17(11-6-13(24)7-11)22-16(25)2-1-5-23-10-20-9-21-23/h3-4,8-11,13,17,24H,1-2,5-7H2,(H,22,25). The molecule has 1 amide bonds. The van der Waals surface area contributed by atoms with E-state index in [1.54, 1.807) is 11.0 Å². The molecule has 2 N–H and O–H groups in total. The minimum absolute atomic E-state index is 0.0609. The highest BCUT2D eigenvalue weighted by molar-refractivity contribution is 5.76. The van der Waals surface area contributed by atoms with Crippen LogP contribution in [-0.4, -0.2) is 31.9 Å². The van der Waals surface area contributed by atoms with Crippen LogP contribution < -0.4 is 5.32 Å². The average Bonchev–Trinajstić information content (AvgIpc) is 3.04. The predicted octanol–water partition coefficient (Wildman–Crippen LogP) is 1.96. The van der Waals surface area contributed by atoms with Gasteiger partial charge in [0.25, 0.3) is 0 Å². The first-order chi connectivity index (χ1) is 12.0. The Labute approximate surface area is 143 Å². The maximum Gasteiger partial charge on any atom is 0.220 e. The summed E-state index contributed by atoms with van der Waals surface area (Å²) in [6.45, 7) is 0.561. The van der Waals surface area contributed by atoms with E-state index in [4.69, 9.17) is 0 Å². The number of benzene rings is 1. The van der Waals surface area contributed by atoms with Gasteiger partial charge in [-0.1, -0.05) is 6.07 Å². The van der Waals surface area contributed by atoms with Crippen LogP contribution in [0.1, 0.15) is 37.3 Å². The number of aliphatic hydroxyl groups excluding tert-OH is 1. The Morgan fingerprint density at radius 1 is 1.40 bits per heavy atom. The van der Waals surface area contributed by atoms with Gasteiger partial charge >= 0.3 is 0 Å². The number of halogens is 2. The van der Waals surface area contributed by atoms with Crippen molar-refractivity contribution in [3.05, 3.63) is 48.1 Å². The van der Waals surface area contributed by atoms with Gasteiger partial charge in [-0.25, -0.2) is 13.8 Å². The largest absolute Gasteiger partial charge is 0.393 e. The molecule has 1 heterocycles. The number of hydrogen-bond donors (Lipinski definition) is 2. The lowest BCUT2D eigenvalue weighted by atomic mass is 9.75. The van der Waals surface area contributed by atoms with Crippen molar-refractivity contribution in [1.82, 2.24) is 20.1 Å². The number of aliphatic hydroxyl groups is 1. The first kappa shape index (κ1) is 17.5. The molecule has 2 aromatic rings. The molecule has 0 bridgehead atoms. The number of aryl methyl sites for hydroxylation is 1. The van der Waals surface area contributed by atoms with Crippen molar-refractivity contribution in [2.45, 2.75) is 44.4 Å². The number of carbonyl (C=O) groups is 1. The molecule has 1 aliphatic rings. The van der Waals surface area contributed by atoms with E-state index in [-0.39, 0.29) is 23.8 Å². The van der Waals surface area contributed by atoms with Crippen LogP contribution in [0.4, 0.5) is 8.78 Å². The second-order valence-corrected chi connectivity index (χ2v) is 6.36. The number of amides is 1. The number of aromatic nitrogens is 3. The van der Waals surface area contributed by atoms with E-state index in [1.165, 1.54) is 18.5 Å². The number of nitrogens with zero attached hydrogens (tertiary/aromatic N) is 3. The molecule has 6 nitrogen and oxygen atoms in total. The summed E-state index contributed by atoms with van der Waals surface area (Å²) in [7, 11) is 0. The summed E-state index contributed by atoms with van der Waals surface area (Å²) in [5, 5.41) is 16.3. The number of hydrogen-bond acceptors (Lipinski definition) is 4. The van der Waals surface area contributed by atoms with E-state index in [2.05, 4.69) is 15.4 Å². The summed E-state index contributed by atoms with van der Waals surface area (Å²) in [5.41, 5.74) is 0.253. The van der Waals surface area contributed by atoms with Gasteiger partial charge in [0.15, 0.2) is 0 Å². The summed E-state index contributed by atoms with van der Waals surface area (Å²) in [5.74, 6) is -1.62. The third-order valence-electron chi connectivity index (χ3n) is 4.49. The fourth-order valence-corrected chi connectivity index (χ4v) is 3.10. The van der Waals surface area contributed by atoms with Crippen LogP contribution in [0.15, 0.2) is 30.9 Å². The minimum Gasteiger partial charge on any atom is -0.393 e. The Kier molecular flexibility index (Phi) is 5.37. The predicted molar refractivity (Wildman–Crippen MR) is 85.2 cm³/mol. The van der Waals surface area contributed by atoms with E-state index in [1.807, 2.05) is 0 Å². The van der Waals surface area contributed by atoms with Gasteiger partial charge in [0.05, 0.1) is 12.1 Å². The second kappa shape index (κ2) is 7.69. The Bertz CT molecular complexity index is 717. The normalized spacial score (nSPS) is 20.8. The lowest BCUT2D eigenvalue weighted by Crippen LogP contribution is -2.41. The van der Waals surface area contributed by atoms with E-state index >= 15 is 0 Å². The second-order valence-electron chi connectivity index (χ2n) is 6.36. The molecule has 134 valence electrons. The van der Waals surface area contributed by atoms with Crippen molar-refractivity contribution in [1.29, 1.82) is 0 Å². The number of rotatable bonds is 7. The average molecular weight is 350 g/mol. The Morgan fingerprint density at radius 2 is 2.20 bits per heavy atom. The van der Waals surface area contributed by atoms with Crippen LogP contribution in [0.5, 0.6) is 0 Å². The van der Waals surface area contributed by atoms with Crippen LogP contribution in [0, 0.1) is 17.6 Å². The Hall–Kier alpha value is -2.35. The van der Waals surface area contributed by atoms with Crippen LogP contribution >= 0.6 is 0 Å². The molecule has 25 heavy (non-hydrogen) atoms. The molecule has 1 aromatic carbocycles. The summed E-state index contributed by atoms with van der Waals surface area (Å²) in [6.07, 6.45) is 4.37. The van der Waals surface area contributed by atoms with E-state index in [0.717, 1.165) is 6.07 Å². The van der Waals surface area contributed by atoms with Crippen molar-refractivity contribution in [3.63, 3.8) is 0 Å². The van der Waals surface area contributed by atoms with Gasteiger partial charge in [-0.3, -0.25) is 9.48 Å². The van der Waals surface area contributed by atoms with E-state index in [9.17, 15) is 18.7 Å².